The van der Waals surface area contributed by atoms with E-state index in [2.05, 4.69) is 43.3 Å². The second kappa shape index (κ2) is 10.9. The molecular weight excluding hydrogens is 517 g/mol. The number of nitrogens with zero attached hydrogens (tertiary/aromatic N) is 2. The minimum atomic E-state index is 0. The van der Waals surface area contributed by atoms with Crippen LogP contribution < -0.4 is 10.1 Å². The lowest BCUT2D eigenvalue weighted by atomic mass is 10.1. The quantitative estimate of drug-likeness (QED) is 0.330. The molecule has 0 saturated heterocycles. The first-order valence-corrected chi connectivity index (χ1v) is 9.16. The first-order valence-electron chi connectivity index (χ1n) is 7.55. The summed E-state index contributed by atoms with van der Waals surface area (Å²) < 4.78 is 6.22. The van der Waals surface area contributed by atoms with Gasteiger partial charge in [-0.2, -0.15) is 0 Å². The van der Waals surface area contributed by atoms with Gasteiger partial charge in [0.1, 0.15) is 11.5 Å². The Labute approximate surface area is 178 Å². The Kier molecular flexibility index (Phi) is 9.58. The van der Waals surface area contributed by atoms with Crippen LogP contribution in [-0.4, -0.2) is 43.7 Å². The monoisotopic (exact) mass is 539 g/mol. The molecule has 0 spiro atoms. The fourth-order valence-corrected chi connectivity index (χ4v) is 3.86. The Morgan fingerprint density at radius 3 is 2.68 bits per heavy atom. The zero-order valence-corrected chi connectivity index (χ0v) is 19.2. The third-order valence-electron chi connectivity index (χ3n) is 3.57. The van der Waals surface area contributed by atoms with Crippen LogP contribution in [0.1, 0.15) is 10.4 Å². The molecule has 0 aliphatic heterocycles. The number of guanidine groups is 1. The normalized spacial score (nSPS) is 11.0. The summed E-state index contributed by atoms with van der Waals surface area (Å²) in [6.07, 6.45) is 0.702. The molecule has 25 heavy (non-hydrogen) atoms. The molecule has 1 aromatic carbocycles. The lowest BCUT2D eigenvalue weighted by Crippen LogP contribution is -2.39. The van der Waals surface area contributed by atoms with E-state index in [9.17, 15) is 5.11 Å². The average Bonchev–Trinajstić information content (AvgIpc) is 2.97. The summed E-state index contributed by atoms with van der Waals surface area (Å²) in [6.45, 7) is 1.48. The molecule has 0 amide bonds. The van der Waals surface area contributed by atoms with E-state index in [1.807, 2.05) is 19.2 Å². The van der Waals surface area contributed by atoms with Crippen molar-refractivity contribution >= 4 is 57.2 Å². The maximum Gasteiger partial charge on any atom is 0.193 e. The largest absolute Gasteiger partial charge is 0.508 e. The number of halogens is 2. The van der Waals surface area contributed by atoms with E-state index in [4.69, 9.17) is 4.74 Å². The molecule has 0 unspecified atom stereocenters. The van der Waals surface area contributed by atoms with Gasteiger partial charge in [-0.1, -0.05) is 6.07 Å². The Morgan fingerprint density at radius 2 is 2.12 bits per heavy atom. The molecule has 0 bridgehead atoms. The van der Waals surface area contributed by atoms with E-state index in [1.54, 1.807) is 31.6 Å². The minimum Gasteiger partial charge on any atom is -0.508 e. The van der Waals surface area contributed by atoms with Crippen molar-refractivity contribution < 1.29 is 9.84 Å². The number of thiophene rings is 1. The molecule has 0 aliphatic rings. The minimum absolute atomic E-state index is 0. The summed E-state index contributed by atoms with van der Waals surface area (Å²) in [5.74, 6) is 1.73. The van der Waals surface area contributed by atoms with E-state index in [1.165, 1.54) is 4.88 Å². The molecule has 5 nitrogen and oxygen atoms in total. The topological polar surface area (TPSA) is 57.1 Å². The third-order valence-corrected chi connectivity index (χ3v) is 5.17. The SMILES string of the molecule is CN=C(NCCc1ccc(OC)cc1O)N(C)Cc1ccc(Br)s1.I. The second-order valence-electron chi connectivity index (χ2n) is 5.28. The molecule has 0 saturated carbocycles. The van der Waals surface area contributed by atoms with Crippen LogP contribution in [0.25, 0.3) is 0 Å². The first kappa shape index (κ1) is 22.0. The van der Waals surface area contributed by atoms with Crippen LogP contribution in [0.15, 0.2) is 39.1 Å². The fraction of sp³-hybridized carbons (Fsp3) is 0.353. The van der Waals surface area contributed by atoms with Crippen LogP contribution in [0.2, 0.25) is 0 Å². The predicted octanol–water partition coefficient (Wildman–Crippen LogP) is 4.09. The molecule has 0 fully saturated rings. The van der Waals surface area contributed by atoms with Gasteiger partial charge in [0.2, 0.25) is 0 Å². The molecule has 1 aromatic heterocycles. The van der Waals surface area contributed by atoms with E-state index in [0.29, 0.717) is 18.7 Å². The Morgan fingerprint density at radius 1 is 1.36 bits per heavy atom. The van der Waals surface area contributed by atoms with Gasteiger partial charge in [0.25, 0.3) is 0 Å². The van der Waals surface area contributed by atoms with E-state index in [-0.39, 0.29) is 29.7 Å². The summed E-state index contributed by atoms with van der Waals surface area (Å²) in [4.78, 5) is 7.65. The Balaban J connectivity index is 0.00000312. The number of ether oxygens (including phenoxy) is 1. The van der Waals surface area contributed by atoms with Gasteiger partial charge in [0.15, 0.2) is 5.96 Å². The average molecular weight is 540 g/mol. The highest BCUT2D eigenvalue weighted by molar-refractivity contribution is 14.0. The van der Waals surface area contributed by atoms with Gasteiger partial charge in [-0.05, 0) is 46.1 Å². The second-order valence-corrected chi connectivity index (χ2v) is 7.83. The van der Waals surface area contributed by atoms with Crippen LogP contribution in [-0.2, 0) is 13.0 Å². The van der Waals surface area contributed by atoms with Crippen LogP contribution in [0.3, 0.4) is 0 Å². The maximum atomic E-state index is 10.00. The van der Waals surface area contributed by atoms with Crippen molar-refractivity contribution in [2.75, 3.05) is 27.7 Å². The van der Waals surface area contributed by atoms with Crippen LogP contribution in [0.5, 0.6) is 11.5 Å². The molecule has 0 radical (unpaired) electrons. The van der Waals surface area contributed by atoms with Gasteiger partial charge < -0.3 is 20.1 Å². The Hall–Kier alpha value is -1.000. The summed E-state index contributed by atoms with van der Waals surface area (Å²) in [5, 5.41) is 13.3. The predicted molar refractivity (Wildman–Crippen MR) is 119 cm³/mol. The molecule has 1 heterocycles. The molecule has 138 valence electrons. The highest BCUT2D eigenvalue weighted by Gasteiger charge is 2.09. The van der Waals surface area contributed by atoms with Gasteiger partial charge in [-0.15, -0.1) is 35.3 Å². The molecule has 2 N–H and O–H groups in total. The van der Waals surface area contributed by atoms with E-state index in [0.717, 1.165) is 21.9 Å². The van der Waals surface area contributed by atoms with E-state index < -0.39 is 0 Å². The summed E-state index contributed by atoms with van der Waals surface area (Å²) in [7, 11) is 5.36. The number of phenolic OH excluding ortho intramolecular Hbond substituents is 1. The maximum absolute atomic E-state index is 10.00. The molecule has 2 aromatic rings. The zero-order valence-electron chi connectivity index (χ0n) is 14.5. The fourth-order valence-electron chi connectivity index (χ4n) is 2.32. The molecule has 8 heteroatoms. The number of rotatable bonds is 6. The van der Waals surface area contributed by atoms with Crippen LogP contribution >= 0.6 is 51.2 Å². The van der Waals surface area contributed by atoms with E-state index >= 15 is 0 Å². The van der Waals surface area contributed by atoms with Crippen molar-refractivity contribution in [1.82, 2.24) is 10.2 Å². The molecular formula is C17H23BrIN3O2S. The Bertz CT molecular complexity index is 709. The molecule has 0 atom stereocenters. The number of nitrogens with one attached hydrogen (secondary N) is 1. The van der Waals surface area contributed by atoms with Crippen molar-refractivity contribution in [3.05, 3.63) is 44.6 Å². The lowest BCUT2D eigenvalue weighted by molar-refractivity contribution is 0.406. The number of hydrogen-bond donors (Lipinski definition) is 2. The van der Waals surface area contributed by atoms with Crippen LogP contribution in [0, 0.1) is 0 Å². The van der Waals surface area contributed by atoms with Crippen molar-refractivity contribution in [1.29, 1.82) is 0 Å². The van der Waals surface area contributed by atoms with Crippen molar-refractivity contribution in [2.45, 2.75) is 13.0 Å². The zero-order chi connectivity index (χ0) is 17.5. The number of methoxy groups -OCH3 is 1. The van der Waals surface area contributed by atoms with Gasteiger partial charge in [-0.3, -0.25) is 4.99 Å². The standard InChI is InChI=1S/C17H22BrN3O2S.HI/c1-19-17(21(2)11-14-6-7-16(18)24-14)20-9-8-12-4-5-13(23-3)10-15(12)22;/h4-7,10,22H,8-9,11H2,1-3H3,(H,19,20);1H. The van der Waals surface area contributed by atoms with Gasteiger partial charge in [0, 0.05) is 31.6 Å². The first-order chi connectivity index (χ1) is 11.5. The summed E-state index contributed by atoms with van der Waals surface area (Å²) in [5.41, 5.74) is 0.878. The molecule has 2 rings (SSSR count). The van der Waals surface area contributed by atoms with Crippen molar-refractivity contribution in [2.24, 2.45) is 4.99 Å². The van der Waals surface area contributed by atoms with Crippen molar-refractivity contribution in [3.63, 3.8) is 0 Å². The number of benzene rings is 1. The number of phenols is 1. The number of hydrogen-bond acceptors (Lipinski definition) is 4. The van der Waals surface area contributed by atoms with Gasteiger partial charge in [0.05, 0.1) is 17.4 Å². The van der Waals surface area contributed by atoms with Crippen molar-refractivity contribution in [3.8, 4) is 11.5 Å². The summed E-state index contributed by atoms with van der Waals surface area (Å²) in [6, 6.07) is 9.52. The number of aromatic hydroxyl groups is 1. The van der Waals surface area contributed by atoms with Gasteiger partial charge >= 0.3 is 0 Å². The highest BCUT2D eigenvalue weighted by atomic mass is 127. The van der Waals surface area contributed by atoms with Gasteiger partial charge in [-0.25, -0.2) is 0 Å². The number of aliphatic imine (C=N–C) groups is 1. The lowest BCUT2D eigenvalue weighted by Gasteiger charge is -2.21. The molecule has 0 aliphatic carbocycles. The summed E-state index contributed by atoms with van der Waals surface area (Å²) >= 11 is 5.20. The van der Waals surface area contributed by atoms with Crippen LogP contribution in [0.4, 0.5) is 0 Å². The highest BCUT2D eigenvalue weighted by Crippen LogP contribution is 2.24. The third kappa shape index (κ3) is 6.67. The smallest absolute Gasteiger partial charge is 0.193 e.